The number of carbonyl (C=O) groups is 2. The first-order valence-electron chi connectivity index (χ1n) is 10.3. The lowest BCUT2D eigenvalue weighted by atomic mass is 10.1. The van der Waals surface area contributed by atoms with Crippen molar-refractivity contribution in [1.29, 1.82) is 0 Å². The van der Waals surface area contributed by atoms with Crippen LogP contribution in [-0.2, 0) is 4.79 Å². The van der Waals surface area contributed by atoms with Crippen molar-refractivity contribution in [1.82, 2.24) is 10.9 Å². The van der Waals surface area contributed by atoms with Gasteiger partial charge in [0.2, 0.25) is 5.91 Å². The summed E-state index contributed by atoms with van der Waals surface area (Å²) in [7, 11) is 0. The van der Waals surface area contributed by atoms with Gasteiger partial charge in [-0.15, -0.1) is 11.3 Å². The van der Waals surface area contributed by atoms with Crippen molar-refractivity contribution in [2.45, 2.75) is 13.3 Å². The number of fused-ring (bicyclic) bond motifs is 1. The third-order valence-corrected chi connectivity index (χ3v) is 6.93. The Morgan fingerprint density at radius 1 is 1.00 bits per heavy atom. The Labute approximate surface area is 180 Å². The maximum absolute atomic E-state index is 12.5. The van der Waals surface area contributed by atoms with Gasteiger partial charge in [-0.2, -0.15) is 0 Å². The number of amides is 2. The van der Waals surface area contributed by atoms with E-state index in [1.807, 2.05) is 37.3 Å². The molecule has 4 rings (SSSR count). The van der Waals surface area contributed by atoms with Gasteiger partial charge in [0, 0.05) is 10.4 Å². The van der Waals surface area contributed by atoms with Gasteiger partial charge in [-0.3, -0.25) is 20.4 Å². The average Bonchev–Trinajstić information content (AvgIpc) is 3.14. The Hall–Kier alpha value is -2.90. The minimum Gasteiger partial charge on any atom is -0.360 e. The molecule has 0 spiro atoms. The van der Waals surface area contributed by atoms with Crippen LogP contribution in [0.3, 0.4) is 0 Å². The lowest BCUT2D eigenvalue weighted by Crippen LogP contribution is -3.15. The summed E-state index contributed by atoms with van der Waals surface area (Å²) in [4.78, 5) is 29.2. The molecule has 1 aliphatic rings. The molecule has 0 saturated carbocycles. The predicted octanol–water partition coefficient (Wildman–Crippen LogP) is 1.77. The highest BCUT2D eigenvalue weighted by molar-refractivity contribution is 7.21. The third kappa shape index (κ3) is 4.63. The Morgan fingerprint density at radius 2 is 1.70 bits per heavy atom. The highest BCUT2D eigenvalue weighted by atomic mass is 32.1. The van der Waals surface area contributed by atoms with E-state index in [9.17, 15) is 9.59 Å². The van der Waals surface area contributed by atoms with Gasteiger partial charge >= 0.3 is 0 Å². The van der Waals surface area contributed by atoms with Crippen LogP contribution in [0.2, 0.25) is 0 Å². The minimum atomic E-state index is -0.258. The number of carbonyl (C=O) groups excluding carboxylic acids is 2. The lowest BCUT2D eigenvalue weighted by molar-refractivity contribution is -0.900. The van der Waals surface area contributed by atoms with Gasteiger partial charge in [0.1, 0.15) is 0 Å². The summed E-state index contributed by atoms with van der Waals surface area (Å²) in [5, 5.41) is 1.08. The van der Waals surface area contributed by atoms with Gasteiger partial charge in [-0.25, -0.2) is 0 Å². The van der Waals surface area contributed by atoms with E-state index in [1.165, 1.54) is 21.9 Å². The Kier molecular flexibility index (Phi) is 6.30. The molecule has 0 aliphatic carbocycles. The number of nitrogens with one attached hydrogen (secondary N) is 3. The zero-order valence-corrected chi connectivity index (χ0v) is 17.9. The van der Waals surface area contributed by atoms with Crippen molar-refractivity contribution in [3.05, 3.63) is 65.0 Å². The number of rotatable bonds is 5. The number of benzene rings is 2. The van der Waals surface area contributed by atoms with Crippen LogP contribution in [0.4, 0.5) is 5.69 Å². The van der Waals surface area contributed by atoms with Crippen LogP contribution < -0.4 is 20.7 Å². The largest absolute Gasteiger partial charge is 0.360 e. The highest BCUT2D eigenvalue weighted by Gasteiger charge is 2.21. The quantitative estimate of drug-likeness (QED) is 0.548. The van der Waals surface area contributed by atoms with E-state index < -0.39 is 0 Å². The molecule has 0 unspecified atom stereocenters. The minimum absolute atomic E-state index is 0.153. The van der Waals surface area contributed by atoms with E-state index in [2.05, 4.69) is 40.0 Å². The van der Waals surface area contributed by atoms with E-state index in [-0.39, 0.29) is 11.8 Å². The number of aryl methyl sites for hydroxylation is 1. The molecule has 7 heteroatoms. The van der Waals surface area contributed by atoms with Crippen molar-refractivity contribution in [2.24, 2.45) is 0 Å². The van der Waals surface area contributed by atoms with Gasteiger partial charge in [0.15, 0.2) is 0 Å². The molecule has 0 bridgehead atoms. The number of quaternary nitrogens is 1. The normalized spacial score (nSPS) is 14.6. The van der Waals surface area contributed by atoms with E-state index in [1.54, 1.807) is 0 Å². The molecule has 0 radical (unpaired) electrons. The van der Waals surface area contributed by atoms with Crippen LogP contribution in [-0.4, -0.2) is 44.5 Å². The Balaban J connectivity index is 1.21. The van der Waals surface area contributed by atoms with Crippen molar-refractivity contribution in [3.8, 4) is 0 Å². The molecule has 3 aromatic rings. The van der Waals surface area contributed by atoms with Crippen LogP contribution in [0, 0.1) is 6.92 Å². The molecule has 2 heterocycles. The van der Waals surface area contributed by atoms with E-state index in [0.717, 1.165) is 48.4 Å². The summed E-state index contributed by atoms with van der Waals surface area (Å²) in [6.07, 6.45) is 0.395. The molecule has 3 N–H and O–H groups in total. The molecule has 0 atom stereocenters. The first-order valence-corrected chi connectivity index (χ1v) is 11.1. The van der Waals surface area contributed by atoms with Gasteiger partial charge < -0.3 is 9.80 Å². The SMILES string of the molecule is Cc1c(C(=O)NNC(=O)CC[NH+]2CCN(c3ccccc3)CC2)sc2ccccc12. The molecule has 2 amide bonds. The smallest absolute Gasteiger partial charge is 0.280 e. The van der Waals surface area contributed by atoms with Crippen LogP contribution in [0.15, 0.2) is 54.6 Å². The second-order valence-corrected chi connectivity index (χ2v) is 8.68. The highest BCUT2D eigenvalue weighted by Crippen LogP contribution is 2.30. The summed E-state index contributed by atoms with van der Waals surface area (Å²) in [5.41, 5.74) is 7.35. The number of hydrazine groups is 1. The lowest BCUT2D eigenvalue weighted by Gasteiger charge is -2.33. The van der Waals surface area contributed by atoms with Crippen molar-refractivity contribution in [2.75, 3.05) is 37.6 Å². The summed E-state index contributed by atoms with van der Waals surface area (Å²) >= 11 is 1.45. The molecular formula is C23H27N4O2S+. The number of hydrogen-bond donors (Lipinski definition) is 3. The van der Waals surface area contributed by atoms with Gasteiger partial charge in [0.25, 0.3) is 5.91 Å². The monoisotopic (exact) mass is 423 g/mol. The second kappa shape index (κ2) is 9.28. The second-order valence-electron chi connectivity index (χ2n) is 7.63. The van der Waals surface area contributed by atoms with Crippen LogP contribution in [0.1, 0.15) is 21.7 Å². The number of anilines is 1. The number of nitrogens with zero attached hydrogens (tertiary/aromatic N) is 1. The summed E-state index contributed by atoms with van der Waals surface area (Å²) in [6, 6.07) is 18.4. The van der Waals surface area contributed by atoms with Crippen LogP contribution >= 0.6 is 11.3 Å². The van der Waals surface area contributed by atoms with Gasteiger partial charge in [-0.05, 0) is 36.1 Å². The van der Waals surface area contributed by atoms with Crippen molar-refractivity contribution < 1.29 is 14.5 Å². The van der Waals surface area contributed by atoms with Crippen LogP contribution in [0.25, 0.3) is 10.1 Å². The zero-order valence-electron chi connectivity index (χ0n) is 17.1. The number of para-hydroxylation sites is 1. The number of hydrogen-bond acceptors (Lipinski definition) is 4. The maximum Gasteiger partial charge on any atom is 0.280 e. The first kappa shape index (κ1) is 20.4. The molecule has 2 aromatic carbocycles. The van der Waals surface area contributed by atoms with Gasteiger partial charge in [-0.1, -0.05) is 36.4 Å². The molecule has 1 fully saturated rings. The fraction of sp³-hybridized carbons (Fsp3) is 0.304. The topological polar surface area (TPSA) is 65.9 Å². The van der Waals surface area contributed by atoms with E-state index in [0.29, 0.717) is 11.3 Å². The first-order chi connectivity index (χ1) is 14.6. The number of piperazine rings is 1. The van der Waals surface area contributed by atoms with Crippen molar-refractivity contribution >= 4 is 38.9 Å². The summed E-state index contributed by atoms with van der Waals surface area (Å²) in [6.45, 7) is 6.71. The van der Waals surface area contributed by atoms with Crippen LogP contribution in [0.5, 0.6) is 0 Å². The third-order valence-electron chi connectivity index (χ3n) is 5.66. The summed E-state index contributed by atoms with van der Waals surface area (Å²) in [5.74, 6) is -0.411. The van der Waals surface area contributed by atoms with Gasteiger partial charge in [0.05, 0.1) is 44.0 Å². The average molecular weight is 424 g/mol. The number of thiophene rings is 1. The molecular weight excluding hydrogens is 396 g/mol. The molecule has 1 aromatic heterocycles. The Morgan fingerprint density at radius 3 is 2.43 bits per heavy atom. The molecule has 1 saturated heterocycles. The fourth-order valence-electron chi connectivity index (χ4n) is 3.90. The Bertz CT molecular complexity index is 1030. The maximum atomic E-state index is 12.5. The fourth-order valence-corrected chi connectivity index (χ4v) is 5.00. The van der Waals surface area contributed by atoms with Crippen molar-refractivity contribution in [3.63, 3.8) is 0 Å². The van der Waals surface area contributed by atoms with E-state index in [4.69, 9.17) is 0 Å². The standard InChI is InChI=1S/C23H26N4O2S/c1-17-19-9-5-6-10-20(19)30-22(17)23(29)25-24-21(28)11-12-26-13-15-27(16-14-26)18-7-3-2-4-8-18/h2-10H,11-16H2,1H3,(H,24,28)(H,25,29)/p+1. The summed E-state index contributed by atoms with van der Waals surface area (Å²) < 4.78 is 1.07. The van der Waals surface area contributed by atoms with E-state index >= 15 is 0 Å². The zero-order chi connectivity index (χ0) is 20.9. The molecule has 1 aliphatic heterocycles. The molecule has 156 valence electrons. The predicted molar refractivity (Wildman–Crippen MR) is 121 cm³/mol. The molecule has 6 nitrogen and oxygen atoms in total. The molecule has 30 heavy (non-hydrogen) atoms.